The monoisotopic (exact) mass is 394 g/mol. The second kappa shape index (κ2) is 5.78. The van der Waals surface area contributed by atoms with E-state index in [1.54, 1.807) is 6.92 Å². The largest absolute Gasteiger partial charge is 0.326 e. The van der Waals surface area contributed by atoms with E-state index in [4.69, 9.17) is 11.6 Å². The smallest absolute Gasteiger partial charge is 0.266 e. The highest BCUT2D eigenvalue weighted by molar-refractivity contribution is 9.10. The number of hydrogen-bond acceptors (Lipinski definition) is 3. The van der Waals surface area contributed by atoms with E-state index in [0.717, 1.165) is 18.3 Å². The average Bonchev–Trinajstić information content (AvgIpc) is 2.39. The number of H-pyrrole nitrogens is 1. The molecule has 1 aromatic carbocycles. The van der Waals surface area contributed by atoms with Crippen LogP contribution in [0.1, 0.15) is 5.56 Å². The highest BCUT2D eigenvalue weighted by Crippen LogP contribution is 2.26. The van der Waals surface area contributed by atoms with Crippen LogP contribution >= 0.6 is 27.5 Å². The Hall–Kier alpha value is -1.38. The predicted molar refractivity (Wildman–Crippen MR) is 81.7 cm³/mol. The summed E-state index contributed by atoms with van der Waals surface area (Å²) in [6.45, 7) is 1.63. The molecule has 9 heteroatoms. The van der Waals surface area contributed by atoms with Crippen molar-refractivity contribution in [2.24, 2.45) is 0 Å². The summed E-state index contributed by atoms with van der Waals surface area (Å²) in [6.07, 6.45) is 1.01. The van der Waals surface area contributed by atoms with Crippen LogP contribution in [0.25, 0.3) is 0 Å². The van der Waals surface area contributed by atoms with Crippen molar-refractivity contribution in [3.8, 4) is 0 Å². The van der Waals surface area contributed by atoms with E-state index >= 15 is 0 Å². The molecule has 0 aliphatic heterocycles. The zero-order chi connectivity index (χ0) is 15.8. The number of rotatable bonds is 3. The van der Waals surface area contributed by atoms with Gasteiger partial charge in [0.1, 0.15) is 15.7 Å². The topological polar surface area (TPSA) is 79.0 Å². The molecule has 2 N–H and O–H groups in total. The highest BCUT2D eigenvalue weighted by Gasteiger charge is 2.18. The van der Waals surface area contributed by atoms with Crippen LogP contribution in [-0.4, -0.2) is 13.4 Å². The van der Waals surface area contributed by atoms with Gasteiger partial charge in [-0.05, 0) is 46.6 Å². The molecule has 112 valence electrons. The third kappa shape index (κ3) is 3.45. The van der Waals surface area contributed by atoms with Gasteiger partial charge in [0.15, 0.2) is 0 Å². The summed E-state index contributed by atoms with van der Waals surface area (Å²) in [5.74, 6) is -0.599. The number of aryl methyl sites for hydroxylation is 1. The van der Waals surface area contributed by atoms with Crippen molar-refractivity contribution >= 4 is 43.2 Å². The van der Waals surface area contributed by atoms with Crippen LogP contribution < -0.4 is 10.3 Å². The summed E-state index contributed by atoms with van der Waals surface area (Å²) in [4.78, 5) is 13.1. The molecule has 0 fully saturated rings. The van der Waals surface area contributed by atoms with Gasteiger partial charge in [0.25, 0.3) is 15.6 Å². The second-order valence-electron chi connectivity index (χ2n) is 4.20. The first-order valence-electron chi connectivity index (χ1n) is 5.57. The SMILES string of the molecule is Cc1cc(Br)c(F)cc1NS(=O)(=O)c1c[nH]c(=O)c(Cl)c1. The molecule has 2 rings (SSSR count). The number of aromatic nitrogens is 1. The van der Waals surface area contributed by atoms with Crippen LogP contribution in [0.5, 0.6) is 0 Å². The van der Waals surface area contributed by atoms with Crippen LogP contribution in [0.15, 0.2) is 38.6 Å². The van der Waals surface area contributed by atoms with Crippen LogP contribution in [0.2, 0.25) is 5.02 Å². The zero-order valence-electron chi connectivity index (χ0n) is 10.6. The predicted octanol–water partition coefficient (Wildman–Crippen LogP) is 3.04. The Bertz CT molecular complexity index is 867. The van der Waals surface area contributed by atoms with Crippen LogP contribution in [0.4, 0.5) is 10.1 Å². The molecule has 0 spiro atoms. The van der Waals surface area contributed by atoms with Crippen molar-refractivity contribution in [1.29, 1.82) is 0 Å². The molecule has 0 aliphatic carbocycles. The van der Waals surface area contributed by atoms with Crippen LogP contribution in [0, 0.1) is 12.7 Å². The zero-order valence-corrected chi connectivity index (χ0v) is 13.7. The Kier molecular flexibility index (Phi) is 4.40. The normalized spacial score (nSPS) is 11.4. The Labute approximate surface area is 133 Å². The lowest BCUT2D eigenvalue weighted by Crippen LogP contribution is -2.16. The number of pyridine rings is 1. The summed E-state index contributed by atoms with van der Waals surface area (Å²) >= 11 is 8.61. The van der Waals surface area contributed by atoms with E-state index in [1.165, 1.54) is 6.07 Å². The van der Waals surface area contributed by atoms with Crippen molar-refractivity contribution in [3.05, 3.63) is 55.6 Å². The lowest BCUT2D eigenvalue weighted by Gasteiger charge is -2.11. The van der Waals surface area contributed by atoms with Gasteiger partial charge in [0, 0.05) is 6.20 Å². The number of benzene rings is 1. The molecular weight excluding hydrogens is 387 g/mol. The van der Waals surface area contributed by atoms with E-state index in [-0.39, 0.29) is 20.1 Å². The number of aromatic amines is 1. The number of anilines is 1. The number of sulfonamides is 1. The molecule has 0 aliphatic rings. The minimum absolute atomic E-state index is 0.0954. The first-order chi connectivity index (χ1) is 9.70. The molecule has 0 amide bonds. The third-order valence-corrected chi connectivity index (χ3v) is 4.89. The number of halogens is 3. The average molecular weight is 396 g/mol. The van der Waals surface area contributed by atoms with Gasteiger partial charge in [-0.2, -0.15) is 0 Å². The first kappa shape index (κ1) is 16.0. The van der Waals surface area contributed by atoms with Gasteiger partial charge < -0.3 is 4.98 Å². The molecule has 0 saturated carbocycles. The molecule has 0 unspecified atom stereocenters. The second-order valence-corrected chi connectivity index (χ2v) is 7.14. The number of nitrogens with one attached hydrogen (secondary N) is 2. The molecule has 1 heterocycles. The summed E-state index contributed by atoms with van der Waals surface area (Å²) < 4.78 is 40.4. The molecular formula is C12H9BrClFN2O3S. The lowest BCUT2D eigenvalue weighted by molar-refractivity contribution is 0.600. The van der Waals surface area contributed by atoms with Crippen molar-refractivity contribution in [2.45, 2.75) is 11.8 Å². The maximum atomic E-state index is 13.5. The van der Waals surface area contributed by atoms with E-state index in [2.05, 4.69) is 25.6 Å². The third-order valence-electron chi connectivity index (χ3n) is 2.65. The summed E-state index contributed by atoms with van der Waals surface area (Å²) in [5, 5.41) is -0.253. The minimum atomic E-state index is -3.99. The fourth-order valence-electron chi connectivity index (χ4n) is 1.55. The maximum Gasteiger partial charge on any atom is 0.266 e. The Morgan fingerprint density at radius 1 is 1.33 bits per heavy atom. The van der Waals surface area contributed by atoms with Gasteiger partial charge in [-0.15, -0.1) is 0 Å². The molecule has 0 atom stereocenters. The standard InChI is InChI=1S/C12H9BrClFN2O3S/c1-6-2-8(13)10(15)4-11(6)17-21(19,20)7-3-9(14)12(18)16-5-7/h2-5,17H,1H3,(H,16,18). The lowest BCUT2D eigenvalue weighted by atomic mass is 10.2. The minimum Gasteiger partial charge on any atom is -0.326 e. The molecule has 0 saturated heterocycles. The van der Waals surface area contributed by atoms with E-state index in [0.29, 0.717) is 5.56 Å². The van der Waals surface area contributed by atoms with Gasteiger partial charge in [-0.1, -0.05) is 11.6 Å². The first-order valence-corrected chi connectivity index (χ1v) is 8.23. The molecule has 0 radical (unpaired) electrons. The van der Waals surface area contributed by atoms with Gasteiger partial charge in [0.2, 0.25) is 0 Å². The van der Waals surface area contributed by atoms with E-state index in [1.807, 2.05) is 0 Å². The summed E-state index contributed by atoms with van der Waals surface area (Å²) in [6, 6.07) is 3.53. The maximum absolute atomic E-state index is 13.5. The van der Waals surface area contributed by atoms with Crippen molar-refractivity contribution in [2.75, 3.05) is 4.72 Å². The van der Waals surface area contributed by atoms with Gasteiger partial charge in [0.05, 0.1) is 10.2 Å². The van der Waals surface area contributed by atoms with E-state index in [9.17, 15) is 17.6 Å². The Morgan fingerprint density at radius 3 is 2.62 bits per heavy atom. The molecule has 5 nitrogen and oxygen atoms in total. The summed E-state index contributed by atoms with van der Waals surface area (Å²) in [7, 11) is -3.99. The summed E-state index contributed by atoms with van der Waals surface area (Å²) in [5.41, 5.74) is 0.0295. The van der Waals surface area contributed by atoms with Crippen LogP contribution in [-0.2, 0) is 10.0 Å². The van der Waals surface area contributed by atoms with Crippen molar-refractivity contribution < 1.29 is 12.8 Å². The quantitative estimate of drug-likeness (QED) is 0.838. The Balaban J connectivity index is 2.44. The highest BCUT2D eigenvalue weighted by atomic mass is 79.9. The van der Waals surface area contributed by atoms with Crippen LogP contribution in [0.3, 0.4) is 0 Å². The van der Waals surface area contributed by atoms with Gasteiger partial charge >= 0.3 is 0 Å². The van der Waals surface area contributed by atoms with Crippen molar-refractivity contribution in [1.82, 2.24) is 4.98 Å². The molecule has 21 heavy (non-hydrogen) atoms. The number of hydrogen-bond donors (Lipinski definition) is 2. The fourth-order valence-corrected chi connectivity index (χ4v) is 3.36. The van der Waals surface area contributed by atoms with Crippen molar-refractivity contribution in [3.63, 3.8) is 0 Å². The molecule has 0 bridgehead atoms. The Morgan fingerprint density at radius 2 is 2.00 bits per heavy atom. The van der Waals surface area contributed by atoms with Gasteiger partial charge in [-0.25, -0.2) is 12.8 Å². The molecule has 1 aromatic heterocycles. The van der Waals surface area contributed by atoms with Gasteiger partial charge in [-0.3, -0.25) is 9.52 Å². The molecule has 2 aromatic rings. The van der Waals surface area contributed by atoms with E-state index < -0.39 is 21.4 Å². The fraction of sp³-hybridized carbons (Fsp3) is 0.0833.